The first-order valence-electron chi connectivity index (χ1n) is 5.64. The molecule has 2 aromatic heterocycles. The van der Waals surface area contributed by atoms with E-state index in [1.807, 2.05) is 19.9 Å². The van der Waals surface area contributed by atoms with Crippen molar-refractivity contribution in [2.45, 2.75) is 26.3 Å². The van der Waals surface area contributed by atoms with Crippen LogP contribution in [0.4, 0.5) is 0 Å². The standard InChI is InChI=1S/C13H14BrNOS2/c1-8-5-11(18-12(8)14)13(16)15-9(2)6-10-3-4-17-7-10/h3-5,7,9H,6H2,1-2H3,(H,15,16). The summed E-state index contributed by atoms with van der Waals surface area (Å²) in [6, 6.07) is 4.16. The molecule has 2 aromatic rings. The molecule has 2 heterocycles. The zero-order valence-electron chi connectivity index (χ0n) is 10.2. The number of carbonyl (C=O) groups is 1. The zero-order chi connectivity index (χ0) is 13.1. The van der Waals surface area contributed by atoms with E-state index in [0.717, 1.165) is 20.6 Å². The molecule has 5 heteroatoms. The Kier molecular flexibility index (Phi) is 4.59. The molecule has 1 unspecified atom stereocenters. The summed E-state index contributed by atoms with van der Waals surface area (Å²) in [4.78, 5) is 12.8. The van der Waals surface area contributed by atoms with E-state index < -0.39 is 0 Å². The molecule has 0 saturated carbocycles. The van der Waals surface area contributed by atoms with Gasteiger partial charge >= 0.3 is 0 Å². The lowest BCUT2D eigenvalue weighted by atomic mass is 10.1. The van der Waals surface area contributed by atoms with E-state index in [2.05, 4.69) is 38.1 Å². The summed E-state index contributed by atoms with van der Waals surface area (Å²) in [5.41, 5.74) is 2.38. The number of rotatable bonds is 4. The summed E-state index contributed by atoms with van der Waals surface area (Å²) >= 11 is 6.60. The molecule has 0 fully saturated rings. The Labute approximate surface area is 123 Å². The first kappa shape index (κ1) is 13.8. The third kappa shape index (κ3) is 3.43. The highest BCUT2D eigenvalue weighted by Gasteiger charge is 2.14. The lowest BCUT2D eigenvalue weighted by Gasteiger charge is -2.12. The van der Waals surface area contributed by atoms with E-state index in [9.17, 15) is 4.79 Å². The smallest absolute Gasteiger partial charge is 0.261 e. The SMILES string of the molecule is Cc1cc(C(=O)NC(C)Cc2ccsc2)sc1Br. The van der Waals surface area contributed by atoms with Crippen molar-refractivity contribution in [2.24, 2.45) is 0 Å². The fourth-order valence-electron chi connectivity index (χ4n) is 1.68. The van der Waals surface area contributed by atoms with E-state index in [0.29, 0.717) is 0 Å². The van der Waals surface area contributed by atoms with Crippen LogP contribution in [0, 0.1) is 6.92 Å². The van der Waals surface area contributed by atoms with Gasteiger partial charge in [-0.05, 0) is 70.2 Å². The molecular weight excluding hydrogens is 330 g/mol. The van der Waals surface area contributed by atoms with E-state index in [1.54, 1.807) is 11.3 Å². The number of hydrogen-bond acceptors (Lipinski definition) is 3. The molecule has 0 aliphatic rings. The van der Waals surface area contributed by atoms with Gasteiger partial charge in [0.2, 0.25) is 0 Å². The van der Waals surface area contributed by atoms with Gasteiger partial charge in [0, 0.05) is 6.04 Å². The second-order valence-electron chi connectivity index (χ2n) is 4.28. The number of thiophene rings is 2. The second kappa shape index (κ2) is 5.99. The van der Waals surface area contributed by atoms with Crippen molar-refractivity contribution in [1.82, 2.24) is 5.32 Å². The summed E-state index contributed by atoms with van der Waals surface area (Å²) in [7, 11) is 0. The van der Waals surface area contributed by atoms with Gasteiger partial charge in [0.15, 0.2) is 0 Å². The summed E-state index contributed by atoms with van der Waals surface area (Å²) in [5, 5.41) is 7.21. The maximum atomic E-state index is 12.0. The highest BCUT2D eigenvalue weighted by Crippen LogP contribution is 2.27. The van der Waals surface area contributed by atoms with Crippen molar-refractivity contribution in [3.05, 3.63) is 42.7 Å². The Morgan fingerprint density at radius 1 is 1.56 bits per heavy atom. The zero-order valence-corrected chi connectivity index (χ0v) is 13.4. The number of nitrogens with one attached hydrogen (secondary N) is 1. The first-order chi connectivity index (χ1) is 8.56. The normalized spacial score (nSPS) is 12.4. The second-order valence-corrected chi connectivity index (χ2v) is 7.43. The van der Waals surface area contributed by atoms with Crippen molar-refractivity contribution in [2.75, 3.05) is 0 Å². The van der Waals surface area contributed by atoms with Crippen LogP contribution in [0.25, 0.3) is 0 Å². The minimum absolute atomic E-state index is 0.0107. The van der Waals surface area contributed by atoms with Crippen LogP contribution < -0.4 is 5.32 Å². The van der Waals surface area contributed by atoms with Crippen molar-refractivity contribution in [3.8, 4) is 0 Å². The van der Waals surface area contributed by atoms with Crippen LogP contribution in [0.2, 0.25) is 0 Å². The molecule has 0 aromatic carbocycles. The lowest BCUT2D eigenvalue weighted by molar-refractivity contribution is 0.0944. The molecule has 2 rings (SSSR count). The van der Waals surface area contributed by atoms with Crippen LogP contribution in [0.1, 0.15) is 27.7 Å². The van der Waals surface area contributed by atoms with E-state index in [1.165, 1.54) is 16.9 Å². The van der Waals surface area contributed by atoms with Crippen molar-refractivity contribution in [3.63, 3.8) is 0 Å². The maximum absolute atomic E-state index is 12.0. The predicted octanol–water partition coefficient (Wildman–Crippen LogP) is 4.24. The van der Waals surface area contributed by atoms with Gasteiger partial charge in [0.05, 0.1) is 8.66 Å². The molecule has 0 bridgehead atoms. The molecule has 1 amide bonds. The first-order valence-corrected chi connectivity index (χ1v) is 8.19. The van der Waals surface area contributed by atoms with Gasteiger partial charge in [-0.1, -0.05) is 0 Å². The molecule has 0 spiro atoms. The summed E-state index contributed by atoms with van der Waals surface area (Å²) in [6.07, 6.45) is 0.876. The van der Waals surface area contributed by atoms with Crippen molar-refractivity contribution < 1.29 is 4.79 Å². The fraction of sp³-hybridized carbons (Fsp3) is 0.308. The molecule has 2 nitrogen and oxygen atoms in total. The quantitative estimate of drug-likeness (QED) is 0.883. The molecule has 0 aliphatic carbocycles. The van der Waals surface area contributed by atoms with Crippen LogP contribution >= 0.6 is 38.6 Å². The third-order valence-electron chi connectivity index (χ3n) is 2.58. The Bertz CT molecular complexity index is 514. The van der Waals surface area contributed by atoms with Crippen LogP contribution in [-0.4, -0.2) is 11.9 Å². The van der Waals surface area contributed by atoms with Crippen LogP contribution in [0.5, 0.6) is 0 Å². The predicted molar refractivity (Wildman–Crippen MR) is 81.7 cm³/mol. The minimum atomic E-state index is 0.0107. The largest absolute Gasteiger partial charge is 0.349 e. The highest BCUT2D eigenvalue weighted by molar-refractivity contribution is 9.11. The number of amides is 1. The molecule has 96 valence electrons. The van der Waals surface area contributed by atoms with Gasteiger partial charge < -0.3 is 5.32 Å². The van der Waals surface area contributed by atoms with Gasteiger partial charge in [-0.2, -0.15) is 11.3 Å². The number of halogens is 1. The lowest BCUT2D eigenvalue weighted by Crippen LogP contribution is -2.33. The molecule has 18 heavy (non-hydrogen) atoms. The van der Waals surface area contributed by atoms with Gasteiger partial charge in [0.25, 0.3) is 5.91 Å². The van der Waals surface area contributed by atoms with E-state index >= 15 is 0 Å². The average molecular weight is 344 g/mol. The molecule has 0 aliphatic heterocycles. The molecule has 1 atom stereocenters. The van der Waals surface area contributed by atoms with Crippen molar-refractivity contribution in [1.29, 1.82) is 0 Å². The third-order valence-corrected chi connectivity index (χ3v) is 5.45. The van der Waals surface area contributed by atoms with Crippen molar-refractivity contribution >= 4 is 44.5 Å². The Balaban J connectivity index is 1.94. The summed E-state index contributed by atoms with van der Waals surface area (Å²) in [6.45, 7) is 4.03. The monoisotopic (exact) mass is 343 g/mol. The van der Waals surface area contributed by atoms with Gasteiger partial charge in [-0.15, -0.1) is 11.3 Å². The van der Waals surface area contributed by atoms with E-state index in [4.69, 9.17) is 0 Å². The number of carbonyl (C=O) groups excluding carboxylic acids is 1. The fourth-order valence-corrected chi connectivity index (χ4v) is 3.80. The highest BCUT2D eigenvalue weighted by atomic mass is 79.9. The number of hydrogen-bond donors (Lipinski definition) is 1. The minimum Gasteiger partial charge on any atom is -0.349 e. The molecule has 0 radical (unpaired) electrons. The Hall–Kier alpha value is -0.650. The van der Waals surface area contributed by atoms with E-state index in [-0.39, 0.29) is 11.9 Å². The van der Waals surface area contributed by atoms with Gasteiger partial charge in [-0.25, -0.2) is 0 Å². The summed E-state index contributed by atoms with van der Waals surface area (Å²) in [5.74, 6) is 0.0107. The molecule has 0 saturated heterocycles. The Morgan fingerprint density at radius 3 is 2.89 bits per heavy atom. The maximum Gasteiger partial charge on any atom is 0.261 e. The van der Waals surface area contributed by atoms with Gasteiger partial charge in [0.1, 0.15) is 0 Å². The van der Waals surface area contributed by atoms with Crippen LogP contribution in [0.3, 0.4) is 0 Å². The molecule has 1 N–H and O–H groups in total. The number of aryl methyl sites for hydroxylation is 1. The van der Waals surface area contributed by atoms with Crippen LogP contribution in [-0.2, 0) is 6.42 Å². The topological polar surface area (TPSA) is 29.1 Å². The summed E-state index contributed by atoms with van der Waals surface area (Å²) < 4.78 is 1.03. The Morgan fingerprint density at radius 2 is 2.33 bits per heavy atom. The van der Waals surface area contributed by atoms with Gasteiger partial charge in [-0.3, -0.25) is 4.79 Å². The van der Waals surface area contributed by atoms with Crippen LogP contribution in [0.15, 0.2) is 26.7 Å². The molecular formula is C13H14BrNOS2. The average Bonchev–Trinajstić information content (AvgIpc) is 2.90.